The van der Waals surface area contributed by atoms with Crippen molar-refractivity contribution >= 4 is 22.6 Å². The number of rotatable bonds is 4. The van der Waals surface area contributed by atoms with Crippen LogP contribution < -0.4 is 5.32 Å². The van der Waals surface area contributed by atoms with Crippen LogP contribution in [0.5, 0.6) is 0 Å². The van der Waals surface area contributed by atoms with Crippen LogP contribution in [0.3, 0.4) is 0 Å². The molecule has 4 heterocycles. The fourth-order valence-corrected chi connectivity index (χ4v) is 2.63. The number of aromatic nitrogens is 5. The highest BCUT2D eigenvalue weighted by atomic mass is 19.3. The van der Waals surface area contributed by atoms with Crippen molar-refractivity contribution in [3.8, 4) is 11.3 Å². The molecule has 4 aromatic heterocycles. The molecule has 0 unspecified atom stereocenters. The summed E-state index contributed by atoms with van der Waals surface area (Å²) < 4.78 is 32.2. The monoisotopic (exact) mass is 358 g/mol. The largest absolute Gasteiger partial charge is 0.463 e. The average molecular weight is 358 g/mol. The molecule has 0 aliphatic carbocycles. The molecular formula is C16H12F2N6O2. The van der Waals surface area contributed by atoms with E-state index in [1.807, 2.05) is 0 Å². The van der Waals surface area contributed by atoms with E-state index < -0.39 is 18.1 Å². The minimum Gasteiger partial charge on any atom is -0.463 e. The summed E-state index contributed by atoms with van der Waals surface area (Å²) in [6, 6.07) is 4.76. The second-order valence-corrected chi connectivity index (χ2v) is 5.50. The summed E-state index contributed by atoms with van der Waals surface area (Å²) in [4.78, 5) is 23.2. The third kappa shape index (κ3) is 2.70. The lowest BCUT2D eigenvalue weighted by atomic mass is 10.2. The molecule has 1 amide bonds. The maximum atomic E-state index is 13.0. The number of nitrogens with zero attached hydrogens (tertiary/aromatic N) is 4. The van der Waals surface area contributed by atoms with Gasteiger partial charge in [-0.1, -0.05) is 0 Å². The number of anilines is 1. The van der Waals surface area contributed by atoms with Crippen LogP contribution in [-0.4, -0.2) is 30.6 Å². The van der Waals surface area contributed by atoms with Gasteiger partial charge in [-0.2, -0.15) is 5.10 Å². The number of amides is 1. The van der Waals surface area contributed by atoms with Gasteiger partial charge in [-0.05, 0) is 12.1 Å². The van der Waals surface area contributed by atoms with E-state index in [0.29, 0.717) is 22.4 Å². The molecule has 26 heavy (non-hydrogen) atoms. The zero-order valence-electron chi connectivity index (χ0n) is 13.4. The Bertz CT molecular complexity index is 1100. The van der Waals surface area contributed by atoms with Crippen LogP contribution in [0.25, 0.3) is 22.2 Å². The smallest absolute Gasteiger partial charge is 0.296 e. The number of pyridine rings is 1. The van der Waals surface area contributed by atoms with Crippen LogP contribution in [0.1, 0.15) is 22.8 Å². The van der Waals surface area contributed by atoms with Gasteiger partial charge >= 0.3 is 0 Å². The van der Waals surface area contributed by atoms with Crippen molar-refractivity contribution in [2.75, 3.05) is 5.32 Å². The van der Waals surface area contributed by atoms with Crippen LogP contribution in [0.2, 0.25) is 0 Å². The highest BCUT2D eigenvalue weighted by Gasteiger charge is 2.19. The number of halogens is 2. The SMILES string of the molecule is Cn1ncnc1C(=O)Nc1cc2[nH]c(-c3ccoc3C(F)F)cc2cn1. The van der Waals surface area contributed by atoms with Gasteiger partial charge in [0.25, 0.3) is 12.3 Å². The Hall–Kier alpha value is -3.56. The van der Waals surface area contributed by atoms with Gasteiger partial charge in [0, 0.05) is 30.3 Å². The third-order valence-corrected chi connectivity index (χ3v) is 3.84. The van der Waals surface area contributed by atoms with E-state index in [1.54, 1.807) is 19.2 Å². The Kier molecular flexibility index (Phi) is 3.72. The Morgan fingerprint density at radius 2 is 2.19 bits per heavy atom. The van der Waals surface area contributed by atoms with E-state index in [4.69, 9.17) is 4.42 Å². The second kappa shape index (κ2) is 6.06. The van der Waals surface area contributed by atoms with E-state index in [2.05, 4.69) is 25.4 Å². The molecule has 0 bridgehead atoms. The minimum absolute atomic E-state index is 0.138. The topological polar surface area (TPSA) is 102 Å². The molecule has 10 heteroatoms. The number of carbonyl (C=O) groups excluding carboxylic acids is 1. The fraction of sp³-hybridized carbons (Fsp3) is 0.125. The normalized spacial score (nSPS) is 11.4. The number of H-pyrrole nitrogens is 1. The number of aromatic amines is 1. The number of hydrogen-bond donors (Lipinski definition) is 2. The van der Waals surface area contributed by atoms with E-state index in [9.17, 15) is 13.6 Å². The molecule has 0 fully saturated rings. The van der Waals surface area contributed by atoms with Crippen molar-refractivity contribution in [1.29, 1.82) is 0 Å². The first kappa shape index (κ1) is 15.9. The third-order valence-electron chi connectivity index (χ3n) is 3.84. The zero-order valence-corrected chi connectivity index (χ0v) is 13.4. The molecule has 8 nitrogen and oxygen atoms in total. The quantitative estimate of drug-likeness (QED) is 0.583. The number of aryl methyl sites for hydroxylation is 1. The lowest BCUT2D eigenvalue weighted by Gasteiger charge is -2.03. The molecule has 4 rings (SSSR count). The summed E-state index contributed by atoms with van der Waals surface area (Å²) in [6.07, 6.45) is 1.30. The second-order valence-electron chi connectivity index (χ2n) is 5.50. The van der Waals surface area contributed by atoms with Gasteiger partial charge in [0.15, 0.2) is 5.76 Å². The van der Waals surface area contributed by atoms with Gasteiger partial charge in [-0.25, -0.2) is 23.4 Å². The Morgan fingerprint density at radius 1 is 1.35 bits per heavy atom. The number of alkyl halides is 2. The number of carbonyl (C=O) groups is 1. The molecule has 0 spiro atoms. The maximum absolute atomic E-state index is 13.0. The molecule has 0 atom stereocenters. The molecule has 132 valence electrons. The molecular weight excluding hydrogens is 346 g/mol. The number of furan rings is 1. The summed E-state index contributed by atoms with van der Waals surface area (Å²) in [5, 5.41) is 7.16. The first-order chi connectivity index (χ1) is 12.5. The van der Waals surface area contributed by atoms with Gasteiger partial charge in [-0.3, -0.25) is 4.79 Å². The van der Waals surface area contributed by atoms with E-state index in [1.165, 1.54) is 29.5 Å². The lowest BCUT2D eigenvalue weighted by molar-refractivity contribution is 0.101. The van der Waals surface area contributed by atoms with Gasteiger partial charge in [0.2, 0.25) is 5.82 Å². The number of hydrogen-bond acceptors (Lipinski definition) is 5. The average Bonchev–Trinajstić information content (AvgIpc) is 3.32. The van der Waals surface area contributed by atoms with Gasteiger partial charge in [-0.15, -0.1) is 0 Å². The standard InChI is InChI=1S/C16H12F2N6O2/c1-24-15(20-7-21-24)16(25)23-12-5-10-8(6-19-12)4-11(22-10)9-2-3-26-13(9)14(17)18/h2-7,14,22H,1H3,(H,19,23,25). The highest BCUT2D eigenvalue weighted by molar-refractivity contribution is 6.02. The first-order valence-electron chi connectivity index (χ1n) is 7.53. The molecule has 0 radical (unpaired) electrons. The molecule has 0 saturated carbocycles. The number of nitrogens with one attached hydrogen (secondary N) is 2. The van der Waals surface area contributed by atoms with E-state index >= 15 is 0 Å². The summed E-state index contributed by atoms with van der Waals surface area (Å²) in [5.74, 6) is -0.432. The van der Waals surface area contributed by atoms with Crippen molar-refractivity contribution in [1.82, 2.24) is 24.7 Å². The fourth-order valence-electron chi connectivity index (χ4n) is 2.63. The van der Waals surface area contributed by atoms with Crippen molar-refractivity contribution in [3.05, 3.63) is 48.6 Å². The summed E-state index contributed by atoms with van der Waals surface area (Å²) >= 11 is 0. The predicted molar refractivity (Wildman–Crippen MR) is 87.7 cm³/mol. The lowest BCUT2D eigenvalue weighted by Crippen LogP contribution is -2.18. The summed E-state index contributed by atoms with van der Waals surface area (Å²) in [6.45, 7) is 0. The van der Waals surface area contributed by atoms with Gasteiger partial charge < -0.3 is 14.7 Å². The molecule has 0 aliphatic rings. The van der Waals surface area contributed by atoms with Crippen molar-refractivity contribution in [2.45, 2.75) is 6.43 Å². The van der Waals surface area contributed by atoms with Gasteiger partial charge in [0.05, 0.1) is 17.5 Å². The molecule has 0 aromatic carbocycles. The van der Waals surface area contributed by atoms with Crippen LogP contribution >= 0.6 is 0 Å². The maximum Gasteiger partial charge on any atom is 0.296 e. The molecule has 0 aliphatic heterocycles. The van der Waals surface area contributed by atoms with E-state index in [0.717, 1.165) is 0 Å². The summed E-state index contributed by atoms with van der Waals surface area (Å²) in [5.41, 5.74) is 1.38. The van der Waals surface area contributed by atoms with Crippen molar-refractivity contribution in [2.24, 2.45) is 7.05 Å². The molecule has 2 N–H and O–H groups in total. The first-order valence-corrected chi connectivity index (χ1v) is 7.53. The highest BCUT2D eigenvalue weighted by Crippen LogP contribution is 2.33. The molecule has 4 aromatic rings. The summed E-state index contributed by atoms with van der Waals surface area (Å²) in [7, 11) is 1.60. The Labute approximate surface area is 144 Å². The van der Waals surface area contributed by atoms with Gasteiger partial charge in [0.1, 0.15) is 12.1 Å². The van der Waals surface area contributed by atoms with E-state index in [-0.39, 0.29) is 11.4 Å². The van der Waals surface area contributed by atoms with Crippen LogP contribution in [0.15, 0.2) is 41.4 Å². The number of fused-ring (bicyclic) bond motifs is 1. The Morgan fingerprint density at radius 3 is 2.92 bits per heavy atom. The van der Waals surface area contributed by atoms with Crippen molar-refractivity contribution in [3.63, 3.8) is 0 Å². The van der Waals surface area contributed by atoms with Crippen LogP contribution in [-0.2, 0) is 7.05 Å². The Balaban J connectivity index is 1.65. The van der Waals surface area contributed by atoms with Crippen LogP contribution in [0, 0.1) is 0 Å². The van der Waals surface area contributed by atoms with Crippen LogP contribution in [0.4, 0.5) is 14.6 Å². The zero-order chi connectivity index (χ0) is 18.3. The predicted octanol–water partition coefficient (Wildman–Crippen LogP) is 3.14. The van der Waals surface area contributed by atoms with Crippen molar-refractivity contribution < 1.29 is 18.0 Å². The molecule has 0 saturated heterocycles. The minimum atomic E-state index is -2.72.